The van der Waals surface area contributed by atoms with Gasteiger partial charge in [0, 0.05) is 25.6 Å². The predicted octanol–water partition coefficient (Wildman–Crippen LogP) is 5.23. The third-order valence-electron chi connectivity index (χ3n) is 6.16. The van der Waals surface area contributed by atoms with E-state index in [1.165, 1.54) is 5.56 Å². The number of likely N-dealkylation sites (tertiary alicyclic amines) is 1. The lowest BCUT2D eigenvalue weighted by Crippen LogP contribution is -2.41. The van der Waals surface area contributed by atoms with Crippen LogP contribution >= 0.6 is 0 Å². The van der Waals surface area contributed by atoms with Crippen molar-refractivity contribution in [3.05, 3.63) is 83.2 Å². The van der Waals surface area contributed by atoms with E-state index in [0.29, 0.717) is 25.2 Å². The molecule has 1 aliphatic rings. The summed E-state index contributed by atoms with van der Waals surface area (Å²) in [5.74, 6) is -0.0474. The second kappa shape index (κ2) is 10.3. The maximum Gasteiger partial charge on any atom is 0.410 e. The first kappa shape index (κ1) is 24.5. The van der Waals surface area contributed by atoms with Crippen molar-refractivity contribution in [3.63, 3.8) is 0 Å². The van der Waals surface area contributed by atoms with E-state index in [9.17, 15) is 9.59 Å². The van der Waals surface area contributed by atoms with Crippen LogP contribution in [0.3, 0.4) is 0 Å². The number of amides is 2. The number of hydrogen-bond donors (Lipinski definition) is 1. The van der Waals surface area contributed by atoms with Crippen molar-refractivity contribution in [2.75, 3.05) is 13.1 Å². The Hall–Kier alpha value is -3.61. The Morgan fingerprint density at radius 2 is 1.69 bits per heavy atom. The zero-order valence-corrected chi connectivity index (χ0v) is 21.0. The SMILES string of the molecule is Cc1ccc(CNC(=O)c2cnn(-c3ccccc3)c2C2CCN(C(=O)OC(C)(C)C)CC2)cc1. The van der Waals surface area contributed by atoms with E-state index in [2.05, 4.69) is 10.4 Å². The first-order valence-electron chi connectivity index (χ1n) is 12.2. The van der Waals surface area contributed by atoms with Gasteiger partial charge in [-0.1, -0.05) is 48.0 Å². The Morgan fingerprint density at radius 3 is 2.31 bits per heavy atom. The second-order valence-corrected chi connectivity index (χ2v) is 10.1. The molecule has 1 fully saturated rings. The summed E-state index contributed by atoms with van der Waals surface area (Å²) < 4.78 is 7.41. The maximum atomic E-state index is 13.3. The Labute approximate surface area is 207 Å². The standard InChI is InChI=1S/C28H34N4O3/c1-20-10-12-21(13-11-20)18-29-26(33)24-19-30-32(23-8-6-5-7-9-23)25(24)22-14-16-31(17-15-22)27(34)35-28(2,3)4/h5-13,19,22H,14-18H2,1-4H3,(H,29,33). The van der Waals surface area contributed by atoms with Crippen molar-refractivity contribution in [2.45, 2.75) is 58.6 Å². The Bertz CT molecular complexity index is 1160. The third kappa shape index (κ3) is 6.10. The fourth-order valence-electron chi connectivity index (χ4n) is 4.35. The quantitative estimate of drug-likeness (QED) is 0.550. The number of aromatic nitrogens is 2. The van der Waals surface area contributed by atoms with Crippen LogP contribution in [0, 0.1) is 6.92 Å². The third-order valence-corrected chi connectivity index (χ3v) is 6.16. The van der Waals surface area contributed by atoms with Crippen molar-refractivity contribution < 1.29 is 14.3 Å². The molecule has 1 aromatic heterocycles. The molecule has 0 bridgehead atoms. The molecule has 3 aromatic rings. The average molecular weight is 475 g/mol. The molecule has 0 unspecified atom stereocenters. The van der Waals surface area contributed by atoms with Gasteiger partial charge in [0.25, 0.3) is 5.91 Å². The number of aryl methyl sites for hydroxylation is 1. The summed E-state index contributed by atoms with van der Waals surface area (Å²) in [6.45, 7) is 9.26. The first-order chi connectivity index (χ1) is 16.7. The molecule has 0 radical (unpaired) electrons. The van der Waals surface area contributed by atoms with E-state index in [0.717, 1.165) is 29.8 Å². The number of para-hydroxylation sites is 1. The number of piperidine rings is 1. The van der Waals surface area contributed by atoms with Gasteiger partial charge in [-0.3, -0.25) is 4.79 Å². The van der Waals surface area contributed by atoms with Crippen molar-refractivity contribution in [1.82, 2.24) is 20.0 Å². The fourth-order valence-corrected chi connectivity index (χ4v) is 4.35. The van der Waals surface area contributed by atoms with E-state index >= 15 is 0 Å². The van der Waals surface area contributed by atoms with Crippen molar-refractivity contribution >= 4 is 12.0 Å². The fraction of sp³-hybridized carbons (Fsp3) is 0.393. The van der Waals surface area contributed by atoms with Crippen molar-refractivity contribution in [1.29, 1.82) is 0 Å². The van der Waals surface area contributed by atoms with Crippen LogP contribution in [0.1, 0.15) is 66.7 Å². The minimum absolute atomic E-state index is 0.0940. The van der Waals surface area contributed by atoms with Crippen LogP contribution in [0.15, 0.2) is 60.8 Å². The monoisotopic (exact) mass is 474 g/mol. The predicted molar refractivity (Wildman–Crippen MR) is 136 cm³/mol. The highest BCUT2D eigenvalue weighted by Crippen LogP contribution is 2.32. The van der Waals surface area contributed by atoms with Gasteiger partial charge >= 0.3 is 6.09 Å². The van der Waals surface area contributed by atoms with Gasteiger partial charge in [0.2, 0.25) is 0 Å². The van der Waals surface area contributed by atoms with Crippen LogP contribution in [-0.2, 0) is 11.3 Å². The number of benzene rings is 2. The number of nitrogens with one attached hydrogen (secondary N) is 1. The molecule has 7 nitrogen and oxygen atoms in total. The number of carbonyl (C=O) groups excluding carboxylic acids is 2. The van der Waals surface area contributed by atoms with Gasteiger partial charge in [0.05, 0.1) is 23.1 Å². The molecule has 184 valence electrons. The molecule has 0 saturated carbocycles. The minimum atomic E-state index is -0.525. The molecule has 0 spiro atoms. The number of hydrogen-bond acceptors (Lipinski definition) is 4. The highest BCUT2D eigenvalue weighted by Gasteiger charge is 2.32. The summed E-state index contributed by atoms with van der Waals surface area (Å²) in [5.41, 5.74) is 4.09. The molecular formula is C28H34N4O3. The molecule has 0 atom stereocenters. The van der Waals surface area contributed by atoms with Crippen LogP contribution in [0.2, 0.25) is 0 Å². The molecule has 35 heavy (non-hydrogen) atoms. The Morgan fingerprint density at radius 1 is 1.03 bits per heavy atom. The van der Waals surface area contributed by atoms with E-state index in [1.54, 1.807) is 11.1 Å². The van der Waals surface area contributed by atoms with Gasteiger partial charge in [-0.25, -0.2) is 9.48 Å². The van der Waals surface area contributed by atoms with Gasteiger partial charge < -0.3 is 15.0 Å². The largest absolute Gasteiger partial charge is 0.444 e. The van der Waals surface area contributed by atoms with E-state index in [-0.39, 0.29) is 17.9 Å². The summed E-state index contributed by atoms with van der Waals surface area (Å²) in [4.78, 5) is 27.6. The average Bonchev–Trinajstić information content (AvgIpc) is 3.28. The topological polar surface area (TPSA) is 76.5 Å². The van der Waals surface area contributed by atoms with Gasteiger partial charge in [-0.15, -0.1) is 0 Å². The van der Waals surface area contributed by atoms with Crippen LogP contribution < -0.4 is 5.32 Å². The Kier molecular flexibility index (Phi) is 7.24. The highest BCUT2D eigenvalue weighted by atomic mass is 16.6. The molecule has 2 aromatic carbocycles. The number of carbonyl (C=O) groups is 2. The second-order valence-electron chi connectivity index (χ2n) is 10.1. The van der Waals surface area contributed by atoms with Crippen molar-refractivity contribution in [2.24, 2.45) is 0 Å². The summed E-state index contributed by atoms with van der Waals surface area (Å²) in [6, 6.07) is 18.0. The van der Waals surface area contributed by atoms with E-state index < -0.39 is 5.60 Å². The lowest BCUT2D eigenvalue weighted by Gasteiger charge is -2.34. The van der Waals surface area contributed by atoms with Crippen LogP contribution in [0.5, 0.6) is 0 Å². The first-order valence-corrected chi connectivity index (χ1v) is 12.2. The molecule has 4 rings (SSSR count). The lowest BCUT2D eigenvalue weighted by molar-refractivity contribution is 0.0203. The molecule has 1 N–H and O–H groups in total. The van der Waals surface area contributed by atoms with Gasteiger partial charge in [0.15, 0.2) is 0 Å². The zero-order valence-electron chi connectivity index (χ0n) is 21.0. The summed E-state index contributed by atoms with van der Waals surface area (Å²) in [7, 11) is 0. The smallest absolute Gasteiger partial charge is 0.410 e. The van der Waals surface area contributed by atoms with Crippen molar-refractivity contribution in [3.8, 4) is 5.69 Å². The summed E-state index contributed by atoms with van der Waals surface area (Å²) in [5, 5.41) is 7.66. The molecule has 1 aliphatic heterocycles. The van der Waals surface area contributed by atoms with E-state index in [4.69, 9.17) is 4.74 Å². The highest BCUT2D eigenvalue weighted by molar-refractivity contribution is 5.95. The molecule has 2 heterocycles. The molecule has 7 heteroatoms. The van der Waals surface area contributed by atoms with Gasteiger partial charge in [-0.2, -0.15) is 5.10 Å². The molecule has 2 amide bonds. The van der Waals surface area contributed by atoms with E-state index in [1.807, 2.05) is 87.0 Å². The molecule has 0 aliphatic carbocycles. The number of nitrogens with zero attached hydrogens (tertiary/aromatic N) is 3. The van der Waals surface area contributed by atoms with Gasteiger partial charge in [-0.05, 0) is 58.2 Å². The van der Waals surface area contributed by atoms with Crippen LogP contribution in [0.25, 0.3) is 5.69 Å². The minimum Gasteiger partial charge on any atom is -0.444 e. The zero-order chi connectivity index (χ0) is 25.0. The molecular weight excluding hydrogens is 440 g/mol. The van der Waals surface area contributed by atoms with Crippen LogP contribution in [0.4, 0.5) is 4.79 Å². The normalized spacial score (nSPS) is 14.6. The molecule has 1 saturated heterocycles. The van der Waals surface area contributed by atoms with Crippen LogP contribution in [-0.4, -0.2) is 45.4 Å². The van der Waals surface area contributed by atoms with Gasteiger partial charge in [0.1, 0.15) is 5.60 Å². The Balaban J connectivity index is 1.54. The lowest BCUT2D eigenvalue weighted by atomic mass is 9.91. The summed E-state index contributed by atoms with van der Waals surface area (Å²) >= 11 is 0. The number of rotatable bonds is 5. The summed E-state index contributed by atoms with van der Waals surface area (Å²) in [6.07, 6.45) is 2.84. The maximum absolute atomic E-state index is 13.3. The number of ether oxygens (including phenoxy) is 1.